The van der Waals surface area contributed by atoms with Crippen LogP contribution in [0.25, 0.3) is 0 Å². The lowest BCUT2D eigenvalue weighted by molar-refractivity contribution is -0.167. The summed E-state index contributed by atoms with van der Waals surface area (Å²) in [5.74, 6) is -2.33. The number of aliphatic carboxylic acids is 1. The maximum absolute atomic E-state index is 12.9. The Balaban J connectivity index is 2.54. The summed E-state index contributed by atoms with van der Waals surface area (Å²) < 4.78 is 22.4. The Kier molecular flexibility index (Phi) is 34.6. The van der Waals surface area contributed by atoms with Crippen LogP contribution in [0.15, 0.2) is 12.1 Å². The molecule has 0 aromatic heterocycles. The van der Waals surface area contributed by atoms with Crippen molar-refractivity contribution >= 4 is 29.8 Å². The Bertz CT molecular complexity index is 1370. The SMILES string of the molecule is CCCCCCCCCCCCCCCC(=O)OCC(COC(=O)CCCCCCCCCCCCCCC)OC(=O)CCCCC(=O)Oc1cc(C)cc(C)c1C(C)(C)CC(=O)O. The largest absolute Gasteiger partial charge is 0.481 e. The zero-order chi connectivity index (χ0) is 47.3. The van der Waals surface area contributed by atoms with Crippen molar-refractivity contribution in [3.8, 4) is 5.75 Å². The van der Waals surface area contributed by atoms with Gasteiger partial charge < -0.3 is 24.1 Å². The first-order valence-electron chi connectivity index (χ1n) is 25.8. The number of carboxylic acid groups (broad SMARTS) is 1. The number of unbranched alkanes of at least 4 members (excludes halogenated alkanes) is 25. The second kappa shape index (κ2) is 37.8. The van der Waals surface area contributed by atoms with Gasteiger partial charge in [-0.2, -0.15) is 0 Å². The van der Waals surface area contributed by atoms with Gasteiger partial charge in [0.2, 0.25) is 0 Å². The normalized spacial score (nSPS) is 11.5. The fraction of sp³-hybridized carbons (Fsp3) is 0.796. The van der Waals surface area contributed by atoms with Gasteiger partial charge in [0, 0.05) is 36.7 Å². The Labute approximate surface area is 389 Å². The molecule has 10 heteroatoms. The summed E-state index contributed by atoms with van der Waals surface area (Å²) >= 11 is 0. The van der Waals surface area contributed by atoms with E-state index in [2.05, 4.69) is 13.8 Å². The van der Waals surface area contributed by atoms with E-state index >= 15 is 0 Å². The first-order valence-corrected chi connectivity index (χ1v) is 25.8. The van der Waals surface area contributed by atoms with Gasteiger partial charge in [-0.1, -0.05) is 188 Å². The lowest BCUT2D eigenvalue weighted by Crippen LogP contribution is -2.30. The summed E-state index contributed by atoms with van der Waals surface area (Å²) in [7, 11) is 0. The van der Waals surface area contributed by atoms with Crippen LogP contribution in [-0.4, -0.2) is 54.3 Å². The fourth-order valence-corrected chi connectivity index (χ4v) is 8.51. The number of esters is 4. The molecule has 1 N–H and O–H groups in total. The molecule has 0 radical (unpaired) electrons. The molecule has 0 spiro atoms. The van der Waals surface area contributed by atoms with E-state index in [-0.39, 0.29) is 57.3 Å². The van der Waals surface area contributed by atoms with Gasteiger partial charge in [-0.05, 0) is 56.7 Å². The van der Waals surface area contributed by atoms with E-state index in [1.807, 2.05) is 33.8 Å². The van der Waals surface area contributed by atoms with Crippen LogP contribution >= 0.6 is 0 Å². The van der Waals surface area contributed by atoms with Crippen LogP contribution < -0.4 is 4.74 Å². The number of rotatable bonds is 42. The molecule has 10 nitrogen and oxygen atoms in total. The topological polar surface area (TPSA) is 142 Å². The Hall–Kier alpha value is -3.43. The minimum atomic E-state index is -0.942. The molecule has 0 aliphatic rings. The van der Waals surface area contributed by atoms with Crippen LogP contribution in [0.2, 0.25) is 0 Å². The summed E-state index contributed by atoms with van der Waals surface area (Å²) in [5, 5.41) is 9.49. The van der Waals surface area contributed by atoms with E-state index in [1.54, 1.807) is 6.07 Å². The van der Waals surface area contributed by atoms with E-state index in [1.165, 1.54) is 128 Å². The molecular weight excluding hydrogens is 809 g/mol. The molecular formula is C54H92O10. The average Bonchev–Trinajstić information content (AvgIpc) is 3.23. The van der Waals surface area contributed by atoms with Crippen LogP contribution in [-0.2, 0) is 43.6 Å². The van der Waals surface area contributed by atoms with Gasteiger partial charge in [0.25, 0.3) is 0 Å². The van der Waals surface area contributed by atoms with Gasteiger partial charge in [-0.25, -0.2) is 0 Å². The predicted octanol–water partition coefficient (Wildman–Crippen LogP) is 14.5. The van der Waals surface area contributed by atoms with E-state index < -0.39 is 29.4 Å². The van der Waals surface area contributed by atoms with Crippen LogP contribution in [0, 0.1) is 13.8 Å². The van der Waals surface area contributed by atoms with E-state index in [0.717, 1.165) is 49.7 Å². The third-order valence-electron chi connectivity index (χ3n) is 12.1. The van der Waals surface area contributed by atoms with Gasteiger partial charge in [0.15, 0.2) is 6.10 Å². The second-order valence-corrected chi connectivity index (χ2v) is 19.1. The van der Waals surface area contributed by atoms with E-state index in [4.69, 9.17) is 18.9 Å². The van der Waals surface area contributed by atoms with Crippen molar-refractivity contribution in [2.75, 3.05) is 13.2 Å². The van der Waals surface area contributed by atoms with Gasteiger partial charge in [0.05, 0.1) is 6.42 Å². The van der Waals surface area contributed by atoms with E-state index in [0.29, 0.717) is 24.2 Å². The summed E-state index contributed by atoms with van der Waals surface area (Å²) in [6.07, 6.45) is 31.9. The van der Waals surface area contributed by atoms with Gasteiger partial charge >= 0.3 is 29.8 Å². The maximum atomic E-state index is 12.9. The minimum absolute atomic E-state index is 0.0179. The molecule has 1 aromatic rings. The molecule has 0 unspecified atom stereocenters. The number of aryl methyl sites for hydroxylation is 2. The van der Waals surface area contributed by atoms with Crippen LogP contribution in [0.1, 0.15) is 256 Å². The zero-order valence-corrected chi connectivity index (χ0v) is 41.6. The van der Waals surface area contributed by atoms with Crippen molar-refractivity contribution in [2.24, 2.45) is 0 Å². The first kappa shape index (κ1) is 58.6. The molecule has 0 saturated heterocycles. The molecule has 1 rings (SSSR count). The maximum Gasteiger partial charge on any atom is 0.311 e. The fourth-order valence-electron chi connectivity index (χ4n) is 8.51. The van der Waals surface area contributed by atoms with Crippen molar-refractivity contribution in [2.45, 2.75) is 265 Å². The molecule has 0 heterocycles. The molecule has 0 aliphatic carbocycles. The van der Waals surface area contributed by atoms with Crippen molar-refractivity contribution in [3.05, 3.63) is 28.8 Å². The average molecular weight is 901 g/mol. The first-order chi connectivity index (χ1) is 30.8. The van der Waals surface area contributed by atoms with Crippen molar-refractivity contribution in [1.29, 1.82) is 0 Å². The Morgan fingerprint density at radius 2 is 0.844 bits per heavy atom. The number of benzene rings is 1. The highest BCUT2D eigenvalue weighted by Gasteiger charge is 2.30. The highest BCUT2D eigenvalue weighted by molar-refractivity contribution is 5.75. The number of ether oxygens (including phenoxy) is 4. The third-order valence-corrected chi connectivity index (χ3v) is 12.1. The highest BCUT2D eigenvalue weighted by Crippen LogP contribution is 2.38. The minimum Gasteiger partial charge on any atom is -0.481 e. The lowest BCUT2D eigenvalue weighted by Gasteiger charge is -2.28. The summed E-state index contributed by atoms with van der Waals surface area (Å²) in [6, 6.07) is 3.69. The molecule has 0 bridgehead atoms. The number of hydrogen-bond acceptors (Lipinski definition) is 9. The number of carbonyl (C=O) groups excluding carboxylic acids is 4. The molecule has 64 heavy (non-hydrogen) atoms. The molecule has 0 fully saturated rings. The standard InChI is InChI=1S/C54H92O10/c1-7-9-11-13-15-17-19-21-23-25-27-29-31-35-49(57)61-42-46(43-62-50(58)36-32-30-28-26-24-22-20-18-16-14-12-10-8-2)63-51(59)37-33-34-38-52(60)64-47-40-44(3)39-45(4)53(47)54(5,6)41-48(55)56/h39-40,46H,7-38,41-43H2,1-6H3,(H,55,56). The third kappa shape index (κ3) is 31.4. The monoisotopic (exact) mass is 901 g/mol. The Morgan fingerprint density at radius 3 is 1.23 bits per heavy atom. The molecule has 0 atom stereocenters. The van der Waals surface area contributed by atoms with E-state index in [9.17, 15) is 29.1 Å². The van der Waals surface area contributed by atoms with Crippen LogP contribution in [0.4, 0.5) is 0 Å². The predicted molar refractivity (Wildman–Crippen MR) is 258 cm³/mol. The molecule has 1 aromatic carbocycles. The lowest BCUT2D eigenvalue weighted by atomic mass is 9.78. The quantitative estimate of drug-likeness (QED) is 0.0291. The molecule has 0 amide bonds. The number of carbonyl (C=O) groups is 5. The second-order valence-electron chi connectivity index (χ2n) is 19.1. The molecule has 0 aliphatic heterocycles. The number of carboxylic acids is 1. The highest BCUT2D eigenvalue weighted by atomic mass is 16.6. The van der Waals surface area contributed by atoms with Gasteiger partial charge in [-0.15, -0.1) is 0 Å². The van der Waals surface area contributed by atoms with Crippen LogP contribution in [0.5, 0.6) is 5.75 Å². The van der Waals surface area contributed by atoms with Gasteiger partial charge in [-0.3, -0.25) is 24.0 Å². The zero-order valence-electron chi connectivity index (χ0n) is 41.6. The van der Waals surface area contributed by atoms with Crippen LogP contribution in [0.3, 0.4) is 0 Å². The Morgan fingerprint density at radius 1 is 0.500 bits per heavy atom. The van der Waals surface area contributed by atoms with Gasteiger partial charge in [0.1, 0.15) is 19.0 Å². The van der Waals surface area contributed by atoms with Crippen molar-refractivity contribution < 1.29 is 48.0 Å². The summed E-state index contributed by atoms with van der Waals surface area (Å²) in [4.78, 5) is 62.7. The number of hydrogen-bond donors (Lipinski definition) is 1. The molecule has 0 saturated carbocycles. The summed E-state index contributed by atoms with van der Waals surface area (Å²) in [6.45, 7) is 11.5. The van der Waals surface area contributed by atoms with Crippen molar-refractivity contribution in [1.82, 2.24) is 0 Å². The smallest absolute Gasteiger partial charge is 0.311 e. The van der Waals surface area contributed by atoms with Crippen molar-refractivity contribution in [3.63, 3.8) is 0 Å². The molecule has 368 valence electrons. The summed E-state index contributed by atoms with van der Waals surface area (Å²) in [5.41, 5.74) is 1.66.